The van der Waals surface area contributed by atoms with Crippen LogP contribution in [0.2, 0.25) is 15.1 Å². The maximum Gasteiger partial charge on any atom is 0.262 e. The number of carbonyl (C=O) groups excluding carboxylic acids is 1. The smallest absolute Gasteiger partial charge is 0.262 e. The van der Waals surface area contributed by atoms with E-state index in [-0.39, 0.29) is 22.3 Å². The van der Waals surface area contributed by atoms with Gasteiger partial charge in [0.2, 0.25) is 0 Å². The van der Waals surface area contributed by atoms with Crippen molar-refractivity contribution in [3.63, 3.8) is 0 Å². The Morgan fingerprint density at radius 2 is 1.86 bits per heavy atom. The number of halogens is 3. The Morgan fingerprint density at radius 1 is 1.19 bits per heavy atom. The molecule has 0 bridgehead atoms. The lowest BCUT2D eigenvalue weighted by Gasteiger charge is -2.11. The number of aromatic nitrogens is 1. The van der Waals surface area contributed by atoms with Gasteiger partial charge in [-0.05, 0) is 12.1 Å². The molecule has 0 saturated carbocycles. The summed E-state index contributed by atoms with van der Waals surface area (Å²) in [4.78, 5) is 15.7. The van der Waals surface area contributed by atoms with Gasteiger partial charge in [0.1, 0.15) is 5.75 Å². The lowest BCUT2D eigenvalue weighted by molar-refractivity contribution is -0.118. The Kier molecular flexibility index (Phi) is 5.12. The van der Waals surface area contributed by atoms with Gasteiger partial charge in [0, 0.05) is 18.0 Å². The molecular weight excluding hydrogens is 337 g/mol. The lowest BCUT2D eigenvalue weighted by atomic mass is 10.3. The van der Waals surface area contributed by atoms with E-state index in [1.54, 1.807) is 6.07 Å². The van der Waals surface area contributed by atoms with E-state index in [1.807, 2.05) is 0 Å². The van der Waals surface area contributed by atoms with Gasteiger partial charge in [-0.2, -0.15) is 0 Å². The number of ether oxygens (including phenoxy) is 1. The molecule has 0 fully saturated rings. The van der Waals surface area contributed by atoms with E-state index < -0.39 is 5.91 Å². The highest BCUT2D eigenvalue weighted by Gasteiger charge is 2.11. The first-order valence-corrected chi connectivity index (χ1v) is 6.87. The second-order valence-electron chi connectivity index (χ2n) is 4.04. The van der Waals surface area contributed by atoms with Crippen LogP contribution in [0.25, 0.3) is 0 Å². The van der Waals surface area contributed by atoms with Crippen molar-refractivity contribution in [1.29, 1.82) is 0 Å². The van der Waals surface area contributed by atoms with E-state index in [1.165, 1.54) is 24.5 Å². The highest BCUT2D eigenvalue weighted by Crippen LogP contribution is 2.32. The molecule has 2 aromatic rings. The zero-order chi connectivity index (χ0) is 15.4. The van der Waals surface area contributed by atoms with Crippen LogP contribution in [0.1, 0.15) is 0 Å². The number of pyridine rings is 1. The first-order valence-electron chi connectivity index (χ1n) is 5.73. The molecule has 3 N–H and O–H groups in total. The van der Waals surface area contributed by atoms with Gasteiger partial charge in [0.25, 0.3) is 5.91 Å². The third-order valence-corrected chi connectivity index (χ3v) is 3.18. The fraction of sp³-hybridized carbons (Fsp3) is 0.0769. The topological polar surface area (TPSA) is 77.2 Å². The van der Waals surface area contributed by atoms with Gasteiger partial charge >= 0.3 is 0 Å². The summed E-state index contributed by atoms with van der Waals surface area (Å²) < 4.78 is 5.25. The van der Waals surface area contributed by atoms with Gasteiger partial charge in [-0.1, -0.05) is 34.8 Å². The van der Waals surface area contributed by atoms with Crippen LogP contribution >= 0.6 is 34.8 Å². The molecule has 0 aliphatic rings. The van der Waals surface area contributed by atoms with Crippen molar-refractivity contribution in [3.8, 4) is 5.75 Å². The number of nitrogen functional groups attached to an aromatic ring is 1. The van der Waals surface area contributed by atoms with Crippen molar-refractivity contribution in [3.05, 3.63) is 45.7 Å². The third kappa shape index (κ3) is 4.39. The number of nitrogens with zero attached hydrogens (tertiary/aromatic N) is 1. The van der Waals surface area contributed by atoms with Crippen molar-refractivity contribution in [2.45, 2.75) is 0 Å². The number of nitrogens with one attached hydrogen (secondary N) is 1. The average molecular weight is 347 g/mol. The van der Waals surface area contributed by atoms with E-state index in [0.29, 0.717) is 16.5 Å². The second-order valence-corrected chi connectivity index (χ2v) is 5.29. The Bertz CT molecular complexity index is 656. The number of hydrogen-bond donors (Lipinski definition) is 2. The molecule has 1 amide bonds. The quantitative estimate of drug-likeness (QED) is 0.829. The minimum Gasteiger partial charge on any atom is -0.482 e. The molecule has 0 aliphatic heterocycles. The monoisotopic (exact) mass is 345 g/mol. The third-order valence-electron chi connectivity index (χ3n) is 2.38. The highest BCUT2D eigenvalue weighted by molar-refractivity contribution is 6.40. The fourth-order valence-electron chi connectivity index (χ4n) is 1.51. The molecule has 0 atom stereocenters. The predicted molar refractivity (Wildman–Crippen MR) is 84.2 cm³/mol. The van der Waals surface area contributed by atoms with E-state index in [2.05, 4.69) is 10.3 Å². The van der Waals surface area contributed by atoms with Crippen molar-refractivity contribution in [1.82, 2.24) is 4.98 Å². The number of amides is 1. The zero-order valence-corrected chi connectivity index (χ0v) is 12.8. The maximum atomic E-state index is 11.8. The molecule has 1 aromatic heterocycles. The Hall–Kier alpha value is -1.69. The predicted octanol–water partition coefficient (Wildman–Crippen LogP) is 3.64. The molecule has 0 saturated heterocycles. The molecule has 0 radical (unpaired) electrons. The molecule has 2 rings (SSSR count). The Balaban J connectivity index is 1.99. The maximum absolute atomic E-state index is 11.8. The van der Waals surface area contributed by atoms with Gasteiger partial charge in [-0.3, -0.25) is 9.78 Å². The normalized spacial score (nSPS) is 10.2. The zero-order valence-electron chi connectivity index (χ0n) is 10.6. The summed E-state index contributed by atoms with van der Waals surface area (Å²) in [6, 6.07) is 4.53. The van der Waals surface area contributed by atoms with Crippen LogP contribution in [-0.2, 0) is 4.79 Å². The molecule has 21 heavy (non-hydrogen) atoms. The molecule has 5 nitrogen and oxygen atoms in total. The number of nitrogens with two attached hydrogens (primary N) is 1. The fourth-order valence-corrected chi connectivity index (χ4v) is 2.27. The number of benzene rings is 1. The van der Waals surface area contributed by atoms with Crippen molar-refractivity contribution in [2.24, 2.45) is 0 Å². The van der Waals surface area contributed by atoms with E-state index in [9.17, 15) is 4.79 Å². The summed E-state index contributed by atoms with van der Waals surface area (Å²) in [5, 5.41) is 3.46. The average Bonchev–Trinajstić information content (AvgIpc) is 2.40. The van der Waals surface area contributed by atoms with E-state index >= 15 is 0 Å². The molecule has 0 unspecified atom stereocenters. The summed E-state index contributed by atoms with van der Waals surface area (Å²) in [5.74, 6) is -0.0457. The van der Waals surface area contributed by atoms with Crippen LogP contribution in [0.3, 0.4) is 0 Å². The van der Waals surface area contributed by atoms with Crippen molar-refractivity contribution < 1.29 is 9.53 Å². The molecule has 8 heteroatoms. The SMILES string of the molecule is Nc1cc(Cl)c(NC(=O)COc2cncc(Cl)c2)c(Cl)c1. The van der Waals surface area contributed by atoms with Crippen LogP contribution < -0.4 is 15.8 Å². The van der Waals surface area contributed by atoms with Crippen LogP contribution in [0.5, 0.6) is 5.75 Å². The summed E-state index contributed by atoms with van der Waals surface area (Å²) in [7, 11) is 0. The van der Waals surface area contributed by atoms with Crippen LogP contribution in [0.4, 0.5) is 11.4 Å². The second kappa shape index (κ2) is 6.85. The van der Waals surface area contributed by atoms with Gasteiger partial charge in [0.05, 0.1) is 27.0 Å². The Morgan fingerprint density at radius 3 is 2.48 bits per heavy atom. The van der Waals surface area contributed by atoms with Gasteiger partial charge in [-0.25, -0.2) is 0 Å². The molecular formula is C13H10Cl3N3O2. The summed E-state index contributed by atoms with van der Waals surface area (Å²) >= 11 is 17.7. The number of rotatable bonds is 4. The minimum absolute atomic E-state index is 0.237. The molecule has 1 heterocycles. The molecule has 1 aromatic carbocycles. The lowest BCUT2D eigenvalue weighted by Crippen LogP contribution is -2.20. The van der Waals surface area contributed by atoms with Crippen LogP contribution in [-0.4, -0.2) is 17.5 Å². The van der Waals surface area contributed by atoms with Crippen molar-refractivity contribution in [2.75, 3.05) is 17.7 Å². The standard InChI is InChI=1S/C13H10Cl3N3O2/c14-7-1-9(5-18-4-7)21-6-12(20)19-13-10(15)2-8(17)3-11(13)16/h1-5H,6,17H2,(H,19,20). The van der Waals surface area contributed by atoms with E-state index in [4.69, 9.17) is 45.3 Å². The molecule has 110 valence electrons. The van der Waals surface area contributed by atoms with Crippen LogP contribution in [0.15, 0.2) is 30.6 Å². The molecule has 0 aliphatic carbocycles. The summed E-state index contributed by atoms with van der Waals surface area (Å²) in [6.45, 7) is -0.237. The summed E-state index contributed by atoms with van der Waals surface area (Å²) in [6.07, 6.45) is 2.91. The molecule has 0 spiro atoms. The van der Waals surface area contributed by atoms with Crippen molar-refractivity contribution >= 4 is 52.1 Å². The minimum atomic E-state index is -0.427. The largest absolute Gasteiger partial charge is 0.482 e. The number of anilines is 2. The summed E-state index contributed by atoms with van der Waals surface area (Å²) in [5.41, 5.74) is 6.27. The van der Waals surface area contributed by atoms with Gasteiger partial charge in [-0.15, -0.1) is 0 Å². The van der Waals surface area contributed by atoms with E-state index in [0.717, 1.165) is 0 Å². The number of hydrogen-bond acceptors (Lipinski definition) is 4. The van der Waals surface area contributed by atoms with Gasteiger partial charge < -0.3 is 15.8 Å². The first kappa shape index (κ1) is 15.7. The Labute approximate surface area is 136 Å². The number of carbonyl (C=O) groups is 1. The highest BCUT2D eigenvalue weighted by atomic mass is 35.5. The van der Waals surface area contributed by atoms with Gasteiger partial charge in [0.15, 0.2) is 6.61 Å². The van der Waals surface area contributed by atoms with Crippen LogP contribution in [0, 0.1) is 0 Å². The first-order chi connectivity index (χ1) is 9.95.